The molecule has 6 nitrogen and oxygen atoms in total. The number of pyridine rings is 1. The monoisotopic (exact) mass is 254 g/mol. The van der Waals surface area contributed by atoms with Gasteiger partial charge in [0, 0.05) is 12.3 Å². The second-order valence-corrected chi connectivity index (χ2v) is 3.93. The predicted molar refractivity (Wildman–Crippen MR) is 71.1 cm³/mol. The fraction of sp³-hybridized carbons (Fsp3) is 0. The zero-order valence-electron chi connectivity index (χ0n) is 9.83. The summed E-state index contributed by atoms with van der Waals surface area (Å²) in [5.41, 5.74) is 6.54. The SMILES string of the molecule is Nc1cc2c(=O)[nH]cnc2cc1Oc1cccnc1. The molecular formula is C13H10N4O2. The van der Waals surface area contributed by atoms with E-state index in [0.29, 0.717) is 28.1 Å². The Morgan fingerprint density at radius 1 is 1.32 bits per heavy atom. The van der Waals surface area contributed by atoms with E-state index in [1.165, 1.54) is 6.33 Å². The molecule has 3 N–H and O–H groups in total. The molecule has 1 aromatic carbocycles. The van der Waals surface area contributed by atoms with E-state index in [9.17, 15) is 4.79 Å². The molecule has 0 fully saturated rings. The second-order valence-electron chi connectivity index (χ2n) is 3.93. The van der Waals surface area contributed by atoms with Gasteiger partial charge < -0.3 is 15.5 Å². The van der Waals surface area contributed by atoms with Gasteiger partial charge in [0.25, 0.3) is 5.56 Å². The fourth-order valence-electron chi connectivity index (χ4n) is 1.74. The van der Waals surface area contributed by atoms with Crippen LogP contribution in [-0.2, 0) is 0 Å². The summed E-state index contributed by atoms with van der Waals surface area (Å²) < 4.78 is 5.62. The quantitative estimate of drug-likeness (QED) is 0.679. The lowest BCUT2D eigenvalue weighted by molar-refractivity contribution is 0.483. The number of nitrogens with two attached hydrogens (primary N) is 1. The number of fused-ring (bicyclic) bond motifs is 1. The highest BCUT2D eigenvalue weighted by Crippen LogP contribution is 2.29. The Hall–Kier alpha value is -2.89. The summed E-state index contributed by atoms with van der Waals surface area (Å²) in [4.78, 5) is 22.1. The van der Waals surface area contributed by atoms with E-state index in [1.54, 1.807) is 36.7 Å². The number of nitrogens with zero attached hydrogens (tertiary/aromatic N) is 2. The number of nitrogen functional groups attached to an aromatic ring is 1. The number of benzene rings is 1. The molecule has 0 amide bonds. The maximum absolute atomic E-state index is 11.6. The molecular weight excluding hydrogens is 244 g/mol. The van der Waals surface area contributed by atoms with Crippen molar-refractivity contribution in [2.45, 2.75) is 0 Å². The molecule has 0 aliphatic carbocycles. The van der Waals surface area contributed by atoms with Crippen molar-refractivity contribution in [2.75, 3.05) is 5.73 Å². The summed E-state index contributed by atoms with van der Waals surface area (Å²) in [5.74, 6) is 1.01. The van der Waals surface area contributed by atoms with Crippen molar-refractivity contribution in [3.05, 3.63) is 53.3 Å². The predicted octanol–water partition coefficient (Wildman–Crippen LogP) is 1.69. The van der Waals surface area contributed by atoms with Gasteiger partial charge in [0.2, 0.25) is 0 Å². The number of hydrogen-bond donors (Lipinski definition) is 2. The molecule has 3 rings (SSSR count). The van der Waals surface area contributed by atoms with Crippen molar-refractivity contribution in [1.82, 2.24) is 15.0 Å². The summed E-state index contributed by atoms with van der Waals surface area (Å²) in [5, 5.41) is 0.429. The maximum Gasteiger partial charge on any atom is 0.258 e. The van der Waals surface area contributed by atoms with Crippen molar-refractivity contribution in [3.63, 3.8) is 0 Å². The number of anilines is 1. The highest BCUT2D eigenvalue weighted by Gasteiger charge is 2.07. The van der Waals surface area contributed by atoms with Crippen LogP contribution in [0.1, 0.15) is 0 Å². The zero-order valence-corrected chi connectivity index (χ0v) is 9.83. The van der Waals surface area contributed by atoms with Crippen LogP contribution in [0.2, 0.25) is 0 Å². The minimum atomic E-state index is -0.232. The Morgan fingerprint density at radius 3 is 3.00 bits per heavy atom. The largest absolute Gasteiger partial charge is 0.454 e. The minimum Gasteiger partial charge on any atom is -0.454 e. The Balaban J connectivity index is 2.10. The molecule has 0 atom stereocenters. The molecule has 0 unspecified atom stereocenters. The lowest BCUT2D eigenvalue weighted by Gasteiger charge is -2.08. The van der Waals surface area contributed by atoms with E-state index in [0.717, 1.165) is 0 Å². The first-order valence-corrected chi connectivity index (χ1v) is 5.59. The fourth-order valence-corrected chi connectivity index (χ4v) is 1.74. The topological polar surface area (TPSA) is 93.9 Å². The Bertz CT molecular complexity index is 784. The van der Waals surface area contributed by atoms with Crippen LogP contribution >= 0.6 is 0 Å². The van der Waals surface area contributed by atoms with Crippen molar-refractivity contribution < 1.29 is 4.74 Å². The molecule has 0 radical (unpaired) electrons. The number of H-pyrrole nitrogens is 1. The van der Waals surface area contributed by atoms with Gasteiger partial charge in [-0.1, -0.05) is 0 Å². The van der Waals surface area contributed by atoms with Crippen LogP contribution in [0.3, 0.4) is 0 Å². The molecule has 6 heteroatoms. The second kappa shape index (κ2) is 4.41. The summed E-state index contributed by atoms with van der Waals surface area (Å²) in [7, 11) is 0. The molecule has 0 saturated heterocycles. The molecule has 3 aromatic rings. The molecule has 94 valence electrons. The van der Waals surface area contributed by atoms with Gasteiger partial charge in [-0.15, -0.1) is 0 Å². The molecule has 0 bridgehead atoms. The molecule has 2 heterocycles. The molecule has 19 heavy (non-hydrogen) atoms. The third-order valence-corrected chi connectivity index (χ3v) is 2.63. The van der Waals surface area contributed by atoms with E-state index in [2.05, 4.69) is 15.0 Å². The van der Waals surface area contributed by atoms with Gasteiger partial charge in [-0.05, 0) is 18.2 Å². The molecule has 0 aliphatic heterocycles. The van der Waals surface area contributed by atoms with Gasteiger partial charge in [-0.25, -0.2) is 4.98 Å². The number of hydrogen-bond acceptors (Lipinski definition) is 5. The first-order chi connectivity index (χ1) is 9.24. The van der Waals surface area contributed by atoms with Crippen LogP contribution in [0.5, 0.6) is 11.5 Å². The highest BCUT2D eigenvalue weighted by atomic mass is 16.5. The molecule has 2 aromatic heterocycles. The van der Waals surface area contributed by atoms with Crippen LogP contribution < -0.4 is 16.0 Å². The van der Waals surface area contributed by atoms with Crippen molar-refractivity contribution in [1.29, 1.82) is 0 Å². The highest BCUT2D eigenvalue weighted by molar-refractivity contribution is 5.84. The molecule has 0 saturated carbocycles. The van der Waals surface area contributed by atoms with Crippen molar-refractivity contribution in [3.8, 4) is 11.5 Å². The Labute approximate surface area is 107 Å². The first-order valence-electron chi connectivity index (χ1n) is 5.59. The van der Waals surface area contributed by atoms with Crippen LogP contribution in [-0.4, -0.2) is 15.0 Å². The van der Waals surface area contributed by atoms with Crippen molar-refractivity contribution in [2.24, 2.45) is 0 Å². The number of rotatable bonds is 2. The molecule has 0 aliphatic rings. The van der Waals surface area contributed by atoms with Gasteiger partial charge in [0.15, 0.2) is 5.75 Å². The third-order valence-electron chi connectivity index (χ3n) is 2.63. The lowest BCUT2D eigenvalue weighted by atomic mass is 10.2. The van der Waals surface area contributed by atoms with E-state index in [-0.39, 0.29) is 5.56 Å². The zero-order chi connectivity index (χ0) is 13.2. The smallest absolute Gasteiger partial charge is 0.258 e. The number of ether oxygens (including phenoxy) is 1. The van der Waals surface area contributed by atoms with E-state index < -0.39 is 0 Å². The Kier molecular flexibility index (Phi) is 2.60. The van der Waals surface area contributed by atoms with Crippen LogP contribution in [0.25, 0.3) is 10.9 Å². The normalized spacial score (nSPS) is 10.5. The summed E-state index contributed by atoms with van der Waals surface area (Å²) in [6, 6.07) is 6.71. The first kappa shape index (κ1) is 11.2. The minimum absolute atomic E-state index is 0.232. The van der Waals surface area contributed by atoms with E-state index in [1.807, 2.05) is 0 Å². The number of nitrogens with one attached hydrogen (secondary N) is 1. The van der Waals surface area contributed by atoms with Gasteiger partial charge in [-0.2, -0.15) is 0 Å². The van der Waals surface area contributed by atoms with Gasteiger partial charge in [-0.3, -0.25) is 9.78 Å². The standard InChI is InChI=1S/C13H10N4O2/c14-10-4-9-11(16-7-17-13(9)18)5-12(10)19-8-2-1-3-15-6-8/h1-7H,14H2,(H,16,17,18). The summed E-state index contributed by atoms with van der Waals surface area (Å²) in [6.45, 7) is 0. The maximum atomic E-state index is 11.6. The van der Waals surface area contributed by atoms with Gasteiger partial charge >= 0.3 is 0 Å². The summed E-state index contributed by atoms with van der Waals surface area (Å²) >= 11 is 0. The van der Waals surface area contributed by atoms with E-state index >= 15 is 0 Å². The number of aromatic nitrogens is 3. The van der Waals surface area contributed by atoms with Crippen LogP contribution in [0.15, 0.2) is 47.8 Å². The van der Waals surface area contributed by atoms with E-state index in [4.69, 9.17) is 10.5 Å². The van der Waals surface area contributed by atoms with Crippen LogP contribution in [0, 0.1) is 0 Å². The summed E-state index contributed by atoms with van der Waals surface area (Å²) in [6.07, 6.45) is 4.57. The van der Waals surface area contributed by atoms with Gasteiger partial charge in [0.05, 0.1) is 29.1 Å². The average Bonchev–Trinajstić information content (AvgIpc) is 2.42. The van der Waals surface area contributed by atoms with Gasteiger partial charge in [0.1, 0.15) is 5.75 Å². The average molecular weight is 254 g/mol. The molecule has 0 spiro atoms. The third kappa shape index (κ3) is 2.11. The lowest BCUT2D eigenvalue weighted by Crippen LogP contribution is -2.07. The number of aromatic amines is 1. The Morgan fingerprint density at radius 2 is 2.21 bits per heavy atom. The van der Waals surface area contributed by atoms with Crippen molar-refractivity contribution >= 4 is 16.6 Å². The van der Waals surface area contributed by atoms with Crippen LogP contribution in [0.4, 0.5) is 5.69 Å².